The van der Waals surface area contributed by atoms with E-state index in [1.54, 1.807) is 0 Å². The Morgan fingerprint density at radius 2 is 2.15 bits per heavy atom. The third-order valence-electron chi connectivity index (χ3n) is 4.93. The summed E-state index contributed by atoms with van der Waals surface area (Å²) >= 11 is 0. The summed E-state index contributed by atoms with van der Waals surface area (Å²) in [7, 11) is 0. The van der Waals surface area contributed by atoms with E-state index in [2.05, 4.69) is 19.2 Å². The van der Waals surface area contributed by atoms with Crippen LogP contribution in [-0.2, 0) is 6.54 Å². The molecule has 0 aromatic heterocycles. The smallest absolute Gasteiger partial charge is 0.248 e. The molecule has 110 valence electrons. The molecule has 3 N–H and O–H groups in total. The fourth-order valence-corrected chi connectivity index (χ4v) is 3.40. The molecule has 0 heterocycles. The van der Waals surface area contributed by atoms with Gasteiger partial charge in [-0.1, -0.05) is 26.3 Å². The minimum atomic E-state index is -0.359. The molecule has 3 heteroatoms. The summed E-state index contributed by atoms with van der Waals surface area (Å²) < 4.78 is 0. The van der Waals surface area contributed by atoms with Crippen LogP contribution in [0.1, 0.15) is 54.6 Å². The molecule has 1 aromatic rings. The van der Waals surface area contributed by atoms with E-state index in [1.807, 2.05) is 25.1 Å². The molecule has 20 heavy (non-hydrogen) atoms. The van der Waals surface area contributed by atoms with Gasteiger partial charge in [0.15, 0.2) is 0 Å². The zero-order valence-electron chi connectivity index (χ0n) is 12.8. The first kappa shape index (κ1) is 15.0. The van der Waals surface area contributed by atoms with Gasteiger partial charge in [-0.3, -0.25) is 4.79 Å². The Kier molecular flexibility index (Phi) is 4.81. The average molecular weight is 274 g/mol. The van der Waals surface area contributed by atoms with E-state index >= 15 is 0 Å². The fraction of sp³-hybridized carbons (Fsp3) is 0.588. The van der Waals surface area contributed by atoms with Crippen molar-refractivity contribution in [3.05, 3.63) is 34.9 Å². The average Bonchev–Trinajstić information content (AvgIpc) is 2.77. The standard InChI is InChI=1S/C17H26N2O/c1-4-13-7-8-16(12(13)3)19-10-15-6-5-14(17(18)20)9-11(15)2/h5-6,9,12-13,16,19H,4,7-8,10H2,1-3H3,(H2,18,20). The maximum Gasteiger partial charge on any atom is 0.248 e. The van der Waals surface area contributed by atoms with Crippen molar-refractivity contribution in [3.8, 4) is 0 Å². The number of nitrogens with two attached hydrogens (primary N) is 1. The lowest BCUT2D eigenvalue weighted by Crippen LogP contribution is -2.32. The molecule has 1 aromatic carbocycles. The predicted octanol–water partition coefficient (Wildman–Crippen LogP) is 3.01. The number of rotatable bonds is 5. The zero-order valence-corrected chi connectivity index (χ0v) is 12.8. The van der Waals surface area contributed by atoms with Gasteiger partial charge in [0.25, 0.3) is 0 Å². The summed E-state index contributed by atoms with van der Waals surface area (Å²) in [5.74, 6) is 1.26. The first-order chi connectivity index (χ1) is 9.52. The van der Waals surface area contributed by atoms with Gasteiger partial charge in [-0.15, -0.1) is 0 Å². The molecule has 0 spiro atoms. The van der Waals surface area contributed by atoms with Crippen molar-refractivity contribution in [3.63, 3.8) is 0 Å². The highest BCUT2D eigenvalue weighted by molar-refractivity contribution is 5.93. The molecule has 3 atom stereocenters. The third-order valence-corrected chi connectivity index (χ3v) is 4.93. The number of carbonyl (C=O) groups is 1. The molecule has 0 radical (unpaired) electrons. The molecule has 0 bridgehead atoms. The SMILES string of the molecule is CCC1CCC(NCc2ccc(C(N)=O)cc2C)C1C. The zero-order chi connectivity index (χ0) is 14.7. The lowest BCUT2D eigenvalue weighted by molar-refractivity contribution is 0.1000. The first-order valence-corrected chi connectivity index (χ1v) is 7.65. The molecular formula is C17H26N2O. The van der Waals surface area contributed by atoms with Gasteiger partial charge < -0.3 is 11.1 Å². The number of primary amides is 1. The molecule has 1 fully saturated rings. The maximum absolute atomic E-state index is 11.2. The second-order valence-electron chi connectivity index (χ2n) is 6.10. The van der Waals surface area contributed by atoms with E-state index in [9.17, 15) is 4.79 Å². The summed E-state index contributed by atoms with van der Waals surface area (Å²) in [4.78, 5) is 11.2. The summed E-state index contributed by atoms with van der Waals surface area (Å²) in [6.07, 6.45) is 3.90. The molecule has 3 unspecified atom stereocenters. The molecule has 2 rings (SSSR count). The van der Waals surface area contributed by atoms with Crippen LogP contribution in [0.3, 0.4) is 0 Å². The van der Waals surface area contributed by atoms with Crippen LogP contribution in [-0.4, -0.2) is 11.9 Å². The molecule has 1 saturated carbocycles. The number of hydrogen-bond donors (Lipinski definition) is 2. The van der Waals surface area contributed by atoms with Crippen LogP contribution in [0.5, 0.6) is 0 Å². The van der Waals surface area contributed by atoms with Gasteiger partial charge in [0, 0.05) is 18.2 Å². The van der Waals surface area contributed by atoms with Crippen molar-refractivity contribution >= 4 is 5.91 Å². The Balaban J connectivity index is 1.96. The van der Waals surface area contributed by atoms with Gasteiger partial charge in [0.2, 0.25) is 5.91 Å². The normalized spacial score (nSPS) is 25.9. The Morgan fingerprint density at radius 3 is 2.70 bits per heavy atom. The largest absolute Gasteiger partial charge is 0.366 e. The lowest BCUT2D eigenvalue weighted by atomic mass is 9.93. The molecule has 1 aliphatic rings. The van der Waals surface area contributed by atoms with Crippen LogP contribution in [0.2, 0.25) is 0 Å². The van der Waals surface area contributed by atoms with Gasteiger partial charge in [-0.25, -0.2) is 0 Å². The predicted molar refractivity (Wildman–Crippen MR) is 82.5 cm³/mol. The number of nitrogens with one attached hydrogen (secondary N) is 1. The summed E-state index contributed by atoms with van der Waals surface area (Å²) in [6.45, 7) is 7.56. The molecule has 0 saturated heterocycles. The monoisotopic (exact) mass is 274 g/mol. The number of hydrogen-bond acceptors (Lipinski definition) is 2. The number of carbonyl (C=O) groups excluding carboxylic acids is 1. The Morgan fingerprint density at radius 1 is 1.40 bits per heavy atom. The first-order valence-electron chi connectivity index (χ1n) is 7.65. The van der Waals surface area contributed by atoms with E-state index in [-0.39, 0.29) is 5.91 Å². The molecule has 3 nitrogen and oxygen atoms in total. The molecule has 1 aliphatic carbocycles. The van der Waals surface area contributed by atoms with Crippen molar-refractivity contribution in [1.29, 1.82) is 0 Å². The number of benzene rings is 1. The van der Waals surface area contributed by atoms with Crippen molar-refractivity contribution in [2.75, 3.05) is 0 Å². The number of aryl methyl sites for hydroxylation is 1. The third kappa shape index (κ3) is 3.21. The van der Waals surface area contributed by atoms with E-state index < -0.39 is 0 Å². The highest BCUT2D eigenvalue weighted by Crippen LogP contribution is 2.34. The molecule has 0 aliphatic heterocycles. The van der Waals surface area contributed by atoms with Crippen LogP contribution in [0.25, 0.3) is 0 Å². The van der Waals surface area contributed by atoms with Crippen molar-refractivity contribution in [2.45, 2.75) is 52.6 Å². The van der Waals surface area contributed by atoms with Crippen molar-refractivity contribution in [2.24, 2.45) is 17.6 Å². The van der Waals surface area contributed by atoms with Crippen LogP contribution in [0.15, 0.2) is 18.2 Å². The van der Waals surface area contributed by atoms with Crippen molar-refractivity contribution in [1.82, 2.24) is 5.32 Å². The van der Waals surface area contributed by atoms with Gasteiger partial charge in [0.05, 0.1) is 0 Å². The minimum Gasteiger partial charge on any atom is -0.366 e. The summed E-state index contributed by atoms with van der Waals surface area (Å²) in [5, 5.41) is 3.69. The van der Waals surface area contributed by atoms with Gasteiger partial charge in [-0.2, -0.15) is 0 Å². The lowest BCUT2D eigenvalue weighted by Gasteiger charge is -2.21. The van der Waals surface area contributed by atoms with E-state index in [4.69, 9.17) is 5.73 Å². The summed E-state index contributed by atoms with van der Waals surface area (Å²) in [5.41, 5.74) is 8.27. The highest BCUT2D eigenvalue weighted by atomic mass is 16.1. The van der Waals surface area contributed by atoms with Crippen LogP contribution >= 0.6 is 0 Å². The quantitative estimate of drug-likeness (QED) is 0.867. The van der Waals surface area contributed by atoms with E-state index in [1.165, 1.54) is 24.8 Å². The van der Waals surface area contributed by atoms with Gasteiger partial charge in [0.1, 0.15) is 0 Å². The maximum atomic E-state index is 11.2. The fourth-order valence-electron chi connectivity index (χ4n) is 3.40. The van der Waals surface area contributed by atoms with Crippen LogP contribution in [0, 0.1) is 18.8 Å². The van der Waals surface area contributed by atoms with Crippen LogP contribution < -0.4 is 11.1 Å². The van der Waals surface area contributed by atoms with Gasteiger partial charge >= 0.3 is 0 Å². The number of amides is 1. The highest BCUT2D eigenvalue weighted by Gasteiger charge is 2.30. The Labute approximate surface area is 121 Å². The molecular weight excluding hydrogens is 248 g/mol. The second-order valence-corrected chi connectivity index (χ2v) is 6.10. The van der Waals surface area contributed by atoms with Crippen LogP contribution in [0.4, 0.5) is 0 Å². The van der Waals surface area contributed by atoms with Crippen molar-refractivity contribution < 1.29 is 4.79 Å². The summed E-state index contributed by atoms with van der Waals surface area (Å²) in [6, 6.07) is 6.33. The Hall–Kier alpha value is -1.35. The van der Waals surface area contributed by atoms with E-state index in [0.29, 0.717) is 11.6 Å². The van der Waals surface area contributed by atoms with E-state index in [0.717, 1.165) is 23.9 Å². The second kappa shape index (κ2) is 6.40. The Bertz CT molecular complexity index is 484. The molecule has 1 amide bonds. The van der Waals surface area contributed by atoms with Gasteiger partial charge in [-0.05, 0) is 54.9 Å². The minimum absolute atomic E-state index is 0.359. The topological polar surface area (TPSA) is 55.1 Å².